The van der Waals surface area contributed by atoms with Crippen molar-refractivity contribution in [2.45, 2.75) is 25.6 Å². The van der Waals surface area contributed by atoms with E-state index in [0.717, 1.165) is 22.7 Å². The molecule has 248 valence electrons. The molecule has 1 aromatic heterocycles. The molecule has 48 heavy (non-hydrogen) atoms. The third-order valence-corrected chi connectivity index (χ3v) is 9.26. The Morgan fingerprint density at radius 3 is 2.50 bits per heavy atom. The van der Waals surface area contributed by atoms with Gasteiger partial charge in [-0.1, -0.05) is 30.3 Å². The van der Waals surface area contributed by atoms with E-state index in [1.807, 2.05) is 47.8 Å². The Bertz CT molecular complexity index is 1790. The van der Waals surface area contributed by atoms with Gasteiger partial charge in [0.05, 0.1) is 18.6 Å². The van der Waals surface area contributed by atoms with E-state index in [1.165, 1.54) is 34.4 Å². The van der Waals surface area contributed by atoms with Gasteiger partial charge in [-0.05, 0) is 52.9 Å². The van der Waals surface area contributed by atoms with Crippen molar-refractivity contribution in [3.8, 4) is 17.2 Å². The number of nitro benzene ring substituents is 1. The molecule has 0 spiro atoms. The quantitative estimate of drug-likeness (QED) is 0.225. The first-order valence-electron chi connectivity index (χ1n) is 15.6. The van der Waals surface area contributed by atoms with Crippen LogP contribution in [-0.4, -0.2) is 83.2 Å². The average Bonchev–Trinajstić information content (AvgIpc) is 3.61. The second-order valence-electron chi connectivity index (χ2n) is 11.7. The number of benzene rings is 3. The minimum atomic E-state index is -0.908. The number of nitrogens with one attached hydrogen (secondary N) is 1. The Morgan fingerprint density at radius 1 is 1.00 bits per heavy atom. The maximum atomic E-state index is 14.0. The molecule has 1 fully saturated rings. The summed E-state index contributed by atoms with van der Waals surface area (Å²) in [5, 5.41) is 16.6. The molecular weight excluding hydrogens is 634 g/mol. The molecule has 4 bridgehead atoms. The maximum absolute atomic E-state index is 14.0. The number of fused-ring (bicyclic) bond motifs is 4. The SMILES string of the molecule is COc1ccc(CN2CCN(C(=O)C3Cc4cccc(c4)Oc4cc(ccc4[N+](=O)[O-])C(=O)N(Cc4cccs4)CC(=O)N3)CC2)cc1. The van der Waals surface area contributed by atoms with Gasteiger partial charge in [-0.15, -0.1) is 11.3 Å². The summed E-state index contributed by atoms with van der Waals surface area (Å²) in [6, 6.07) is 21.5. The highest BCUT2D eigenvalue weighted by Gasteiger charge is 2.31. The lowest BCUT2D eigenvalue weighted by atomic mass is 10.0. The Kier molecular flexibility index (Phi) is 9.97. The predicted octanol–water partition coefficient (Wildman–Crippen LogP) is 4.48. The minimum absolute atomic E-state index is 0.0966. The maximum Gasteiger partial charge on any atom is 0.311 e. The van der Waals surface area contributed by atoms with E-state index in [9.17, 15) is 24.5 Å². The third kappa shape index (κ3) is 7.81. The van der Waals surface area contributed by atoms with Crippen LogP contribution in [0.15, 0.2) is 84.2 Å². The number of hydrogen-bond donors (Lipinski definition) is 1. The fourth-order valence-electron chi connectivity index (χ4n) is 5.90. The zero-order chi connectivity index (χ0) is 33.6. The van der Waals surface area contributed by atoms with Gasteiger partial charge >= 0.3 is 5.69 Å². The number of thiophene rings is 1. The van der Waals surface area contributed by atoms with Gasteiger partial charge in [0.2, 0.25) is 17.6 Å². The number of ether oxygens (including phenoxy) is 2. The van der Waals surface area contributed by atoms with Crippen LogP contribution < -0.4 is 14.8 Å². The standard InChI is InChI=1S/C35H35N5O7S/c1-46-27-10-7-24(8-11-27)21-37-13-15-38(16-14-37)35(43)30-19-25-4-2-5-28(18-25)47-32-20-26(9-12-31(32)40(44)45)34(42)39(23-33(41)36-30)22-29-6-3-17-48-29/h2-12,17-18,20,30H,13-16,19,21-23H2,1H3,(H,36,41). The number of nitro groups is 1. The molecule has 1 atom stereocenters. The second kappa shape index (κ2) is 14.7. The van der Waals surface area contributed by atoms with Crippen molar-refractivity contribution in [3.63, 3.8) is 0 Å². The first-order valence-corrected chi connectivity index (χ1v) is 16.4. The van der Waals surface area contributed by atoms with Crippen molar-refractivity contribution in [2.75, 3.05) is 39.8 Å². The molecular formula is C35H35N5O7S. The van der Waals surface area contributed by atoms with Gasteiger partial charge in [0.15, 0.2) is 0 Å². The van der Waals surface area contributed by atoms with Crippen molar-refractivity contribution < 1.29 is 28.8 Å². The van der Waals surface area contributed by atoms with Crippen molar-refractivity contribution in [3.05, 3.63) is 116 Å². The van der Waals surface area contributed by atoms with Crippen LogP contribution in [0.25, 0.3) is 0 Å². The summed E-state index contributed by atoms with van der Waals surface area (Å²) in [5.74, 6) is -0.199. The van der Waals surface area contributed by atoms with E-state index in [2.05, 4.69) is 10.2 Å². The molecule has 13 heteroatoms. The van der Waals surface area contributed by atoms with Gasteiger partial charge in [-0.3, -0.25) is 29.4 Å². The van der Waals surface area contributed by atoms with Crippen LogP contribution in [0, 0.1) is 10.1 Å². The summed E-state index contributed by atoms with van der Waals surface area (Å²) in [4.78, 5) is 59.0. The van der Waals surface area contributed by atoms with Crippen molar-refractivity contribution in [2.24, 2.45) is 0 Å². The fraction of sp³-hybridized carbons (Fsp3) is 0.286. The van der Waals surface area contributed by atoms with Gasteiger partial charge < -0.3 is 24.6 Å². The molecule has 12 nitrogen and oxygen atoms in total. The van der Waals surface area contributed by atoms with Gasteiger partial charge in [0.25, 0.3) is 5.91 Å². The summed E-state index contributed by atoms with van der Waals surface area (Å²) in [5.41, 5.74) is 1.68. The number of piperazine rings is 1. The second-order valence-corrected chi connectivity index (χ2v) is 12.7. The van der Waals surface area contributed by atoms with Crippen molar-refractivity contribution in [1.29, 1.82) is 0 Å². The summed E-state index contributed by atoms with van der Waals surface area (Å²) >= 11 is 1.44. The highest BCUT2D eigenvalue weighted by Crippen LogP contribution is 2.33. The number of carbonyl (C=O) groups is 3. The highest BCUT2D eigenvalue weighted by atomic mass is 32.1. The molecule has 0 aliphatic carbocycles. The van der Waals surface area contributed by atoms with Gasteiger partial charge in [-0.25, -0.2) is 0 Å². The molecule has 1 unspecified atom stereocenters. The lowest BCUT2D eigenvalue weighted by molar-refractivity contribution is -0.385. The molecule has 3 aromatic carbocycles. The van der Waals surface area contributed by atoms with E-state index in [-0.39, 0.29) is 42.4 Å². The Morgan fingerprint density at radius 2 is 1.79 bits per heavy atom. The normalized spacial score (nSPS) is 17.2. The van der Waals surface area contributed by atoms with Gasteiger partial charge in [0.1, 0.15) is 24.1 Å². The van der Waals surface area contributed by atoms with Crippen LogP contribution in [0.4, 0.5) is 5.69 Å². The molecule has 3 heterocycles. The van der Waals surface area contributed by atoms with Crippen LogP contribution in [0.3, 0.4) is 0 Å². The van der Waals surface area contributed by atoms with E-state index >= 15 is 0 Å². The third-order valence-electron chi connectivity index (χ3n) is 8.40. The summed E-state index contributed by atoms with van der Waals surface area (Å²) in [6.07, 6.45) is 0.162. The lowest BCUT2D eigenvalue weighted by Crippen LogP contribution is -2.56. The smallest absolute Gasteiger partial charge is 0.311 e. The van der Waals surface area contributed by atoms with E-state index in [4.69, 9.17) is 9.47 Å². The van der Waals surface area contributed by atoms with Gasteiger partial charge in [0, 0.05) is 61.7 Å². The number of carbonyl (C=O) groups excluding carboxylic acids is 3. The molecule has 1 N–H and O–H groups in total. The van der Waals surface area contributed by atoms with E-state index in [0.29, 0.717) is 37.5 Å². The summed E-state index contributed by atoms with van der Waals surface area (Å²) in [6.45, 7) is 2.89. The van der Waals surface area contributed by atoms with Crippen LogP contribution in [0.5, 0.6) is 17.2 Å². The van der Waals surface area contributed by atoms with Crippen molar-refractivity contribution >= 4 is 34.7 Å². The van der Waals surface area contributed by atoms with E-state index in [1.54, 1.807) is 30.2 Å². The minimum Gasteiger partial charge on any atom is -0.497 e. The topological polar surface area (TPSA) is 135 Å². The first kappa shape index (κ1) is 32.7. The number of nitrogens with zero attached hydrogens (tertiary/aromatic N) is 4. The van der Waals surface area contributed by atoms with Crippen LogP contribution in [0.1, 0.15) is 26.4 Å². The lowest BCUT2D eigenvalue weighted by Gasteiger charge is -2.36. The summed E-state index contributed by atoms with van der Waals surface area (Å²) in [7, 11) is 1.63. The molecule has 0 saturated carbocycles. The first-order chi connectivity index (χ1) is 23.2. The fourth-order valence-corrected chi connectivity index (χ4v) is 6.62. The number of methoxy groups -OCH3 is 1. The zero-order valence-electron chi connectivity index (χ0n) is 26.4. The molecule has 2 aliphatic rings. The van der Waals surface area contributed by atoms with Crippen LogP contribution in [-0.2, 0) is 29.1 Å². The molecule has 4 aromatic rings. The highest BCUT2D eigenvalue weighted by molar-refractivity contribution is 7.09. The number of amides is 3. The number of hydrogen-bond acceptors (Lipinski definition) is 9. The average molecular weight is 670 g/mol. The monoisotopic (exact) mass is 669 g/mol. The molecule has 0 radical (unpaired) electrons. The zero-order valence-corrected chi connectivity index (χ0v) is 27.2. The Balaban J connectivity index is 1.25. The molecule has 3 amide bonds. The van der Waals surface area contributed by atoms with E-state index < -0.39 is 22.8 Å². The molecule has 2 aliphatic heterocycles. The number of rotatable bonds is 7. The predicted molar refractivity (Wildman–Crippen MR) is 179 cm³/mol. The molecule has 1 saturated heterocycles. The Hall–Kier alpha value is -5.27. The Labute approximate surface area is 281 Å². The van der Waals surface area contributed by atoms with Crippen LogP contribution in [0.2, 0.25) is 0 Å². The van der Waals surface area contributed by atoms with Crippen molar-refractivity contribution in [1.82, 2.24) is 20.0 Å². The van der Waals surface area contributed by atoms with Crippen LogP contribution >= 0.6 is 11.3 Å². The largest absolute Gasteiger partial charge is 0.497 e. The molecule has 6 rings (SSSR count). The summed E-state index contributed by atoms with van der Waals surface area (Å²) < 4.78 is 11.2. The van der Waals surface area contributed by atoms with Gasteiger partial charge in [-0.2, -0.15) is 0 Å².